The lowest BCUT2D eigenvalue weighted by molar-refractivity contribution is 0.268. The third-order valence-corrected chi connectivity index (χ3v) is 4.35. The Kier molecular flexibility index (Phi) is 4.26. The normalized spacial score (nSPS) is 20.8. The van der Waals surface area contributed by atoms with Crippen LogP contribution in [0.5, 0.6) is 0 Å². The molecule has 1 heterocycles. The van der Waals surface area contributed by atoms with Crippen LogP contribution in [0.3, 0.4) is 0 Å². The van der Waals surface area contributed by atoms with E-state index in [0.717, 1.165) is 24.1 Å². The number of hydrogen-bond donors (Lipinski definition) is 0. The van der Waals surface area contributed by atoms with Gasteiger partial charge in [0.05, 0.1) is 18.5 Å². The van der Waals surface area contributed by atoms with Crippen LogP contribution in [0.15, 0.2) is 22.7 Å². The Morgan fingerprint density at radius 1 is 1.44 bits per heavy atom. The van der Waals surface area contributed by atoms with Gasteiger partial charge >= 0.3 is 0 Å². The summed E-state index contributed by atoms with van der Waals surface area (Å²) in [4.78, 5) is 4.65. The number of rotatable bonds is 2. The van der Waals surface area contributed by atoms with Crippen molar-refractivity contribution in [2.24, 2.45) is 0 Å². The molecule has 0 amide bonds. The summed E-state index contributed by atoms with van der Waals surface area (Å²) in [7, 11) is 2.12. The monoisotopic (exact) mass is 307 g/mol. The van der Waals surface area contributed by atoms with Gasteiger partial charge < -0.3 is 9.80 Å². The number of nitriles is 1. The summed E-state index contributed by atoms with van der Waals surface area (Å²) in [6, 6.07) is 9.03. The van der Waals surface area contributed by atoms with E-state index >= 15 is 0 Å². The minimum Gasteiger partial charge on any atom is -0.365 e. The van der Waals surface area contributed by atoms with Crippen molar-refractivity contribution < 1.29 is 0 Å². The topological polar surface area (TPSA) is 30.3 Å². The maximum absolute atomic E-state index is 8.96. The number of nitrogens with zero attached hydrogens (tertiary/aromatic N) is 3. The first-order valence-electron chi connectivity index (χ1n) is 6.20. The second-order valence-corrected chi connectivity index (χ2v) is 5.76. The molecule has 1 aliphatic heterocycles. The van der Waals surface area contributed by atoms with E-state index in [1.165, 1.54) is 11.3 Å². The standard InChI is InChI=1S/C14H18BrN3/c1-11-3-4-12(9-14(11)15)18-8-7-17(2)10-13(18)5-6-16/h3-4,9,13H,5,7-8,10H2,1-2H3. The Bertz CT molecular complexity index is 467. The molecule has 1 aromatic rings. The molecule has 0 radical (unpaired) electrons. The van der Waals surface area contributed by atoms with Crippen molar-refractivity contribution in [1.82, 2.24) is 4.90 Å². The van der Waals surface area contributed by atoms with Crippen molar-refractivity contribution in [3.05, 3.63) is 28.2 Å². The van der Waals surface area contributed by atoms with Crippen molar-refractivity contribution >= 4 is 21.6 Å². The first kappa shape index (κ1) is 13.4. The SMILES string of the molecule is Cc1ccc(N2CCN(C)CC2CC#N)cc1Br. The molecule has 0 aliphatic carbocycles. The molecule has 3 nitrogen and oxygen atoms in total. The van der Waals surface area contributed by atoms with E-state index in [-0.39, 0.29) is 0 Å². The van der Waals surface area contributed by atoms with Gasteiger partial charge in [0.25, 0.3) is 0 Å². The highest BCUT2D eigenvalue weighted by Gasteiger charge is 2.25. The average Bonchev–Trinajstić information content (AvgIpc) is 2.34. The Morgan fingerprint density at radius 2 is 2.22 bits per heavy atom. The van der Waals surface area contributed by atoms with Crippen LogP contribution < -0.4 is 4.90 Å². The number of benzene rings is 1. The molecule has 1 saturated heterocycles. The van der Waals surface area contributed by atoms with Gasteiger partial charge in [-0.25, -0.2) is 0 Å². The zero-order chi connectivity index (χ0) is 13.1. The lowest BCUT2D eigenvalue weighted by Crippen LogP contribution is -2.51. The average molecular weight is 308 g/mol. The van der Waals surface area contributed by atoms with E-state index < -0.39 is 0 Å². The number of halogens is 1. The van der Waals surface area contributed by atoms with Crippen molar-refractivity contribution in [2.45, 2.75) is 19.4 Å². The highest BCUT2D eigenvalue weighted by atomic mass is 79.9. The Hall–Kier alpha value is -1.05. The van der Waals surface area contributed by atoms with E-state index in [2.05, 4.69) is 64.0 Å². The van der Waals surface area contributed by atoms with Crippen LogP contribution in [0, 0.1) is 18.3 Å². The number of piperazine rings is 1. The summed E-state index contributed by atoms with van der Waals surface area (Å²) in [5.41, 5.74) is 2.45. The molecular weight excluding hydrogens is 290 g/mol. The molecule has 4 heteroatoms. The fraction of sp³-hybridized carbons (Fsp3) is 0.500. The summed E-state index contributed by atoms with van der Waals surface area (Å²) in [5, 5.41) is 8.96. The lowest BCUT2D eigenvalue weighted by Gasteiger charge is -2.40. The molecular formula is C14H18BrN3. The number of aryl methyl sites for hydroxylation is 1. The molecule has 0 aromatic heterocycles. The molecule has 0 spiro atoms. The molecule has 2 rings (SSSR count). The predicted molar refractivity (Wildman–Crippen MR) is 77.7 cm³/mol. The fourth-order valence-electron chi connectivity index (χ4n) is 2.39. The van der Waals surface area contributed by atoms with E-state index in [1.54, 1.807) is 0 Å². The number of anilines is 1. The zero-order valence-electron chi connectivity index (χ0n) is 10.9. The summed E-state index contributed by atoms with van der Waals surface area (Å²) in [6.07, 6.45) is 0.579. The molecule has 1 fully saturated rings. The highest BCUT2D eigenvalue weighted by Crippen LogP contribution is 2.27. The molecule has 1 atom stereocenters. The van der Waals surface area contributed by atoms with Crippen molar-refractivity contribution in [3.63, 3.8) is 0 Å². The van der Waals surface area contributed by atoms with Gasteiger partial charge in [-0.15, -0.1) is 0 Å². The molecule has 0 bridgehead atoms. The van der Waals surface area contributed by atoms with E-state index in [0.29, 0.717) is 12.5 Å². The third kappa shape index (κ3) is 2.85. The van der Waals surface area contributed by atoms with Crippen LogP contribution in [-0.2, 0) is 0 Å². The van der Waals surface area contributed by atoms with E-state index in [4.69, 9.17) is 5.26 Å². The van der Waals surface area contributed by atoms with Gasteiger partial charge in [0.15, 0.2) is 0 Å². The number of likely N-dealkylation sites (N-methyl/N-ethyl adjacent to an activating group) is 1. The smallest absolute Gasteiger partial charge is 0.0643 e. The lowest BCUT2D eigenvalue weighted by atomic mass is 10.1. The van der Waals surface area contributed by atoms with Crippen LogP contribution in [0.1, 0.15) is 12.0 Å². The largest absolute Gasteiger partial charge is 0.365 e. The van der Waals surface area contributed by atoms with Gasteiger partial charge in [0, 0.05) is 29.8 Å². The summed E-state index contributed by atoms with van der Waals surface area (Å²) < 4.78 is 1.13. The molecule has 1 unspecified atom stereocenters. The predicted octanol–water partition coefficient (Wildman–Crippen LogP) is 2.79. The van der Waals surface area contributed by atoms with Gasteiger partial charge in [0.2, 0.25) is 0 Å². The summed E-state index contributed by atoms with van der Waals surface area (Å²) >= 11 is 3.58. The van der Waals surface area contributed by atoms with Gasteiger partial charge in [-0.05, 0) is 31.7 Å². The minimum atomic E-state index is 0.295. The minimum absolute atomic E-state index is 0.295. The molecule has 96 valence electrons. The second kappa shape index (κ2) is 5.73. The van der Waals surface area contributed by atoms with E-state index in [9.17, 15) is 0 Å². The van der Waals surface area contributed by atoms with Crippen LogP contribution in [0.2, 0.25) is 0 Å². The van der Waals surface area contributed by atoms with E-state index in [1.807, 2.05) is 0 Å². The molecule has 18 heavy (non-hydrogen) atoms. The molecule has 0 N–H and O–H groups in total. The maximum atomic E-state index is 8.96. The van der Waals surface area contributed by atoms with Gasteiger partial charge in [-0.2, -0.15) is 5.26 Å². The first-order valence-corrected chi connectivity index (χ1v) is 6.99. The molecule has 1 aromatic carbocycles. The highest BCUT2D eigenvalue weighted by molar-refractivity contribution is 9.10. The number of hydrogen-bond acceptors (Lipinski definition) is 3. The summed E-state index contributed by atoms with van der Waals surface area (Å²) in [5.74, 6) is 0. The van der Waals surface area contributed by atoms with Crippen molar-refractivity contribution in [1.29, 1.82) is 5.26 Å². The van der Waals surface area contributed by atoms with Gasteiger partial charge in [-0.3, -0.25) is 0 Å². The van der Waals surface area contributed by atoms with Crippen LogP contribution in [-0.4, -0.2) is 37.6 Å². The van der Waals surface area contributed by atoms with Crippen molar-refractivity contribution in [2.75, 3.05) is 31.6 Å². The first-order chi connectivity index (χ1) is 8.61. The third-order valence-electron chi connectivity index (χ3n) is 3.50. The summed E-state index contributed by atoms with van der Waals surface area (Å²) in [6.45, 7) is 5.08. The van der Waals surface area contributed by atoms with Crippen LogP contribution >= 0.6 is 15.9 Å². The quantitative estimate of drug-likeness (QED) is 0.841. The Morgan fingerprint density at radius 3 is 2.89 bits per heavy atom. The molecule has 1 aliphatic rings. The Balaban J connectivity index is 2.24. The second-order valence-electron chi connectivity index (χ2n) is 4.91. The van der Waals surface area contributed by atoms with Gasteiger partial charge in [0.1, 0.15) is 0 Å². The van der Waals surface area contributed by atoms with Crippen LogP contribution in [0.25, 0.3) is 0 Å². The zero-order valence-corrected chi connectivity index (χ0v) is 12.4. The Labute approximate surface area is 117 Å². The molecule has 0 saturated carbocycles. The maximum Gasteiger partial charge on any atom is 0.0643 e. The van der Waals surface area contributed by atoms with Gasteiger partial charge in [-0.1, -0.05) is 22.0 Å². The van der Waals surface area contributed by atoms with Crippen molar-refractivity contribution in [3.8, 4) is 6.07 Å². The van der Waals surface area contributed by atoms with Crippen LogP contribution in [0.4, 0.5) is 5.69 Å². The fourth-order valence-corrected chi connectivity index (χ4v) is 2.76.